The minimum atomic E-state index is -0.481. The summed E-state index contributed by atoms with van der Waals surface area (Å²) in [6.07, 6.45) is 12.2. The number of carbonyl (C=O) groups excluding carboxylic acids is 2. The minimum absolute atomic E-state index is 0.0851. The highest BCUT2D eigenvalue weighted by Gasteiger charge is 2.31. The maximum Gasteiger partial charge on any atom is 0.247 e. The van der Waals surface area contributed by atoms with Crippen molar-refractivity contribution in [3.05, 3.63) is 53.7 Å². The van der Waals surface area contributed by atoms with Crippen LogP contribution in [0.2, 0.25) is 0 Å². The van der Waals surface area contributed by atoms with Crippen LogP contribution in [0, 0.1) is 0 Å². The van der Waals surface area contributed by atoms with Gasteiger partial charge in [-0.15, -0.1) is 0 Å². The largest absolute Gasteiger partial charge is 0.381 e. The van der Waals surface area contributed by atoms with E-state index in [4.69, 9.17) is 14.7 Å². The molecular weight excluding hydrogens is 582 g/mol. The Hall–Kier alpha value is -4.03. The van der Waals surface area contributed by atoms with E-state index >= 15 is 0 Å². The van der Waals surface area contributed by atoms with Crippen LogP contribution in [0.4, 0.5) is 17.6 Å². The maximum atomic E-state index is 13.5. The fraction of sp³-hybridized carbons (Fsp3) is 0.559. The Kier molecular flexibility index (Phi) is 10.4. The molecule has 3 aromatic rings. The number of hydrogen-bond donors (Lipinski definition) is 3. The smallest absolute Gasteiger partial charge is 0.247 e. The molecular formula is C34H47N9O3. The van der Waals surface area contributed by atoms with E-state index in [2.05, 4.69) is 39.8 Å². The summed E-state index contributed by atoms with van der Waals surface area (Å²) in [5.41, 5.74) is 3.51. The normalized spacial score (nSPS) is 19.7. The molecule has 1 atom stereocenters. The van der Waals surface area contributed by atoms with Gasteiger partial charge in [0.05, 0.1) is 6.20 Å². The van der Waals surface area contributed by atoms with Gasteiger partial charge in [-0.05, 0) is 81.6 Å². The Morgan fingerprint density at radius 3 is 2.65 bits per heavy atom. The standard InChI is InChI=1S/C34H47N9O3/c1-24(2)28-23-36-43-31(28)39-33(38-26-13-19-46-20-14-26)40-34(43)35-22-25-9-7-10-27(21-25)37-32(45)29-11-3-4-18-42(29)30(44)12-8-17-41-15-5-6-16-41/h7-10,12,21,23-24,26,29H,3-6,11,13-20,22H2,1-2H3,(H,37,45)(H2,35,38,39,40)/b12-8+. The van der Waals surface area contributed by atoms with Gasteiger partial charge in [0.25, 0.3) is 0 Å². The van der Waals surface area contributed by atoms with Gasteiger partial charge in [0.2, 0.25) is 23.7 Å². The Morgan fingerprint density at radius 1 is 1.04 bits per heavy atom. The van der Waals surface area contributed by atoms with E-state index in [0.29, 0.717) is 37.1 Å². The third-order valence-corrected chi connectivity index (χ3v) is 9.13. The van der Waals surface area contributed by atoms with Gasteiger partial charge in [0, 0.05) is 56.2 Å². The molecule has 5 heterocycles. The summed E-state index contributed by atoms with van der Waals surface area (Å²) >= 11 is 0. The SMILES string of the molecule is CC(C)c1cnn2c(NCc3cccc(NC(=O)C4CCCCN4C(=O)/C=C/CN4CCCC4)c3)nc(NC3CCOCC3)nc12. The number of carbonyl (C=O) groups is 2. The molecule has 246 valence electrons. The lowest BCUT2D eigenvalue weighted by Crippen LogP contribution is -2.49. The zero-order valence-electron chi connectivity index (χ0n) is 27.1. The van der Waals surface area contributed by atoms with E-state index < -0.39 is 6.04 Å². The first-order chi connectivity index (χ1) is 22.4. The lowest BCUT2D eigenvalue weighted by Gasteiger charge is -2.34. The third kappa shape index (κ3) is 7.84. The number of ether oxygens (including phenoxy) is 1. The fourth-order valence-corrected chi connectivity index (χ4v) is 6.50. The van der Waals surface area contributed by atoms with Crippen LogP contribution in [-0.4, -0.2) is 92.7 Å². The van der Waals surface area contributed by atoms with Crippen LogP contribution < -0.4 is 16.0 Å². The van der Waals surface area contributed by atoms with Crippen molar-refractivity contribution in [2.24, 2.45) is 0 Å². The van der Waals surface area contributed by atoms with Gasteiger partial charge >= 0.3 is 0 Å². The average Bonchev–Trinajstić information content (AvgIpc) is 3.75. The number of benzene rings is 1. The number of rotatable bonds is 11. The predicted molar refractivity (Wildman–Crippen MR) is 179 cm³/mol. The second kappa shape index (κ2) is 15.0. The minimum Gasteiger partial charge on any atom is -0.381 e. The molecule has 1 aromatic carbocycles. The Labute approximate surface area is 271 Å². The second-order valence-electron chi connectivity index (χ2n) is 12.9. The van der Waals surface area contributed by atoms with Crippen LogP contribution in [0.15, 0.2) is 42.6 Å². The summed E-state index contributed by atoms with van der Waals surface area (Å²) in [5.74, 6) is 1.19. The molecule has 3 saturated heterocycles. The maximum absolute atomic E-state index is 13.5. The highest BCUT2D eigenvalue weighted by atomic mass is 16.5. The topological polar surface area (TPSA) is 129 Å². The van der Waals surface area contributed by atoms with E-state index in [1.54, 1.807) is 15.5 Å². The van der Waals surface area contributed by atoms with Crippen molar-refractivity contribution in [3.8, 4) is 0 Å². The van der Waals surface area contributed by atoms with Crippen LogP contribution in [-0.2, 0) is 20.9 Å². The number of piperidine rings is 1. The summed E-state index contributed by atoms with van der Waals surface area (Å²) < 4.78 is 7.27. The van der Waals surface area contributed by atoms with Gasteiger partial charge in [-0.2, -0.15) is 19.6 Å². The van der Waals surface area contributed by atoms with Gasteiger partial charge in [-0.25, -0.2) is 0 Å². The number of hydrogen-bond acceptors (Lipinski definition) is 9. The molecule has 3 fully saturated rings. The van der Waals surface area contributed by atoms with E-state index in [1.165, 1.54) is 12.8 Å². The van der Waals surface area contributed by atoms with Crippen LogP contribution in [0.3, 0.4) is 0 Å². The first-order valence-electron chi connectivity index (χ1n) is 16.9. The Morgan fingerprint density at radius 2 is 1.85 bits per heavy atom. The van der Waals surface area contributed by atoms with Crippen LogP contribution in [0.1, 0.15) is 75.8 Å². The van der Waals surface area contributed by atoms with Gasteiger partial charge in [-0.1, -0.05) is 32.1 Å². The number of anilines is 3. The van der Waals surface area contributed by atoms with Crippen molar-refractivity contribution in [1.29, 1.82) is 0 Å². The average molecular weight is 630 g/mol. The molecule has 3 aliphatic rings. The molecule has 0 aliphatic carbocycles. The van der Waals surface area contributed by atoms with Crippen LogP contribution in [0.25, 0.3) is 5.65 Å². The first kappa shape index (κ1) is 31.9. The molecule has 0 spiro atoms. The van der Waals surface area contributed by atoms with Gasteiger partial charge in [-0.3, -0.25) is 14.5 Å². The van der Waals surface area contributed by atoms with E-state index in [-0.39, 0.29) is 23.8 Å². The monoisotopic (exact) mass is 629 g/mol. The number of amides is 2. The fourth-order valence-electron chi connectivity index (χ4n) is 6.50. The molecule has 0 radical (unpaired) electrons. The van der Waals surface area contributed by atoms with Crippen LogP contribution in [0.5, 0.6) is 0 Å². The Balaban J connectivity index is 1.11. The summed E-state index contributed by atoms with van der Waals surface area (Å²) in [6.45, 7) is 9.74. The van der Waals surface area contributed by atoms with Crippen molar-refractivity contribution >= 4 is 35.0 Å². The lowest BCUT2D eigenvalue weighted by atomic mass is 10.0. The number of nitrogens with one attached hydrogen (secondary N) is 3. The lowest BCUT2D eigenvalue weighted by molar-refractivity contribution is -0.136. The zero-order valence-corrected chi connectivity index (χ0v) is 27.1. The second-order valence-corrected chi connectivity index (χ2v) is 12.9. The summed E-state index contributed by atoms with van der Waals surface area (Å²) in [5, 5.41) is 14.6. The first-order valence-corrected chi connectivity index (χ1v) is 16.9. The van der Waals surface area contributed by atoms with Gasteiger partial charge in [0.1, 0.15) is 6.04 Å². The highest BCUT2D eigenvalue weighted by Crippen LogP contribution is 2.24. The molecule has 3 aliphatic heterocycles. The molecule has 1 unspecified atom stereocenters. The van der Waals surface area contributed by atoms with Gasteiger partial charge in [0.15, 0.2) is 5.65 Å². The molecule has 12 nitrogen and oxygen atoms in total. The molecule has 0 saturated carbocycles. The van der Waals surface area contributed by atoms with Crippen molar-refractivity contribution < 1.29 is 14.3 Å². The van der Waals surface area contributed by atoms with Crippen molar-refractivity contribution in [3.63, 3.8) is 0 Å². The molecule has 2 amide bonds. The predicted octanol–water partition coefficient (Wildman–Crippen LogP) is 4.42. The van der Waals surface area contributed by atoms with E-state index in [0.717, 1.165) is 75.3 Å². The van der Waals surface area contributed by atoms with Gasteiger partial charge < -0.3 is 25.6 Å². The summed E-state index contributed by atoms with van der Waals surface area (Å²) in [7, 11) is 0. The number of likely N-dealkylation sites (tertiary alicyclic amines) is 2. The molecule has 46 heavy (non-hydrogen) atoms. The molecule has 2 aromatic heterocycles. The summed E-state index contributed by atoms with van der Waals surface area (Å²) in [4.78, 5) is 40.2. The van der Waals surface area contributed by atoms with E-state index in [9.17, 15) is 9.59 Å². The number of nitrogens with zero attached hydrogens (tertiary/aromatic N) is 6. The highest BCUT2D eigenvalue weighted by molar-refractivity contribution is 5.99. The number of aromatic nitrogens is 4. The quantitative estimate of drug-likeness (QED) is 0.264. The number of fused-ring (bicyclic) bond motifs is 1. The third-order valence-electron chi connectivity index (χ3n) is 9.13. The summed E-state index contributed by atoms with van der Waals surface area (Å²) in [6, 6.07) is 7.55. The molecule has 12 heteroatoms. The van der Waals surface area contributed by atoms with Crippen molar-refractivity contribution in [1.82, 2.24) is 29.4 Å². The van der Waals surface area contributed by atoms with E-state index in [1.807, 2.05) is 36.5 Å². The zero-order chi connectivity index (χ0) is 31.9. The molecule has 6 rings (SSSR count). The van der Waals surface area contributed by atoms with Crippen molar-refractivity contribution in [2.45, 2.75) is 83.3 Å². The van der Waals surface area contributed by atoms with Crippen LogP contribution >= 0.6 is 0 Å². The Bertz CT molecular complexity index is 1530. The molecule has 0 bridgehead atoms. The van der Waals surface area contributed by atoms with Crippen molar-refractivity contribution in [2.75, 3.05) is 55.3 Å². The molecule has 3 N–H and O–H groups in total.